The third-order valence-corrected chi connectivity index (χ3v) is 6.41. The van der Waals surface area contributed by atoms with Crippen LogP contribution in [0.15, 0.2) is 48.5 Å². The van der Waals surface area contributed by atoms with Crippen molar-refractivity contribution in [2.75, 3.05) is 6.61 Å². The summed E-state index contributed by atoms with van der Waals surface area (Å²) in [5, 5.41) is 14.8. The standard InChI is InChI=1S/C28H36N2O5/c1-5-6-11-18(16-24(31)32)29-26(33)25(28(2,3)4)30-27(34)35-17-23-21-14-9-7-12-19(21)20-13-8-10-15-22(20)23/h7-10,12-15,18,23,25H,5-6,11,16-17H2,1-4H3,(H,29,33)(H,30,34)(H,31,32)/t18?,25-/m0/s1. The molecule has 0 radical (unpaired) electrons. The van der Waals surface area contributed by atoms with Crippen LogP contribution in [0.2, 0.25) is 0 Å². The van der Waals surface area contributed by atoms with E-state index in [-0.39, 0.29) is 18.9 Å². The molecule has 35 heavy (non-hydrogen) atoms. The summed E-state index contributed by atoms with van der Waals surface area (Å²) in [5.74, 6) is -1.46. The van der Waals surface area contributed by atoms with Crippen LogP contribution < -0.4 is 10.6 Å². The van der Waals surface area contributed by atoms with Crippen molar-refractivity contribution in [2.45, 2.75) is 71.4 Å². The van der Waals surface area contributed by atoms with Crippen molar-refractivity contribution in [2.24, 2.45) is 5.41 Å². The molecule has 0 spiro atoms. The Hall–Kier alpha value is -3.35. The minimum atomic E-state index is -0.969. The Labute approximate surface area is 207 Å². The molecular weight excluding hydrogens is 444 g/mol. The van der Waals surface area contributed by atoms with Crippen molar-refractivity contribution in [1.29, 1.82) is 0 Å². The van der Waals surface area contributed by atoms with Crippen molar-refractivity contribution >= 4 is 18.0 Å². The monoisotopic (exact) mass is 480 g/mol. The lowest BCUT2D eigenvalue weighted by atomic mass is 9.86. The maximum atomic E-state index is 13.1. The number of ether oxygens (including phenoxy) is 1. The molecule has 0 bridgehead atoms. The summed E-state index contributed by atoms with van der Waals surface area (Å²) in [6.07, 6.45) is 1.43. The Bertz CT molecular complexity index is 1010. The van der Waals surface area contributed by atoms with E-state index in [1.165, 1.54) is 0 Å². The van der Waals surface area contributed by atoms with Gasteiger partial charge in [-0.05, 0) is 34.1 Å². The Kier molecular flexibility index (Phi) is 8.54. The summed E-state index contributed by atoms with van der Waals surface area (Å²) in [5.41, 5.74) is 3.90. The minimum Gasteiger partial charge on any atom is -0.481 e. The molecule has 1 aliphatic rings. The fourth-order valence-electron chi connectivity index (χ4n) is 4.60. The van der Waals surface area contributed by atoms with Crippen molar-refractivity contribution in [3.8, 4) is 11.1 Å². The third kappa shape index (κ3) is 6.62. The number of nitrogens with one attached hydrogen (secondary N) is 2. The smallest absolute Gasteiger partial charge is 0.407 e. The van der Waals surface area contributed by atoms with Crippen molar-refractivity contribution < 1.29 is 24.2 Å². The first-order valence-corrected chi connectivity index (χ1v) is 12.3. The van der Waals surface area contributed by atoms with Crippen LogP contribution in [0.1, 0.15) is 70.4 Å². The molecule has 1 unspecified atom stereocenters. The van der Waals surface area contributed by atoms with Gasteiger partial charge in [-0.25, -0.2) is 4.79 Å². The zero-order valence-corrected chi connectivity index (χ0v) is 21.0. The number of aliphatic carboxylic acids is 1. The molecule has 0 aromatic heterocycles. The molecule has 0 fully saturated rings. The van der Waals surface area contributed by atoms with Crippen molar-refractivity contribution in [1.82, 2.24) is 10.6 Å². The highest BCUT2D eigenvalue weighted by molar-refractivity contribution is 5.87. The summed E-state index contributed by atoms with van der Waals surface area (Å²) in [4.78, 5) is 37.2. The topological polar surface area (TPSA) is 105 Å². The number of alkyl carbamates (subject to hydrolysis) is 1. The number of amides is 2. The van der Waals surface area contributed by atoms with E-state index in [1.807, 2.05) is 64.1 Å². The van der Waals surface area contributed by atoms with Gasteiger partial charge in [-0.3, -0.25) is 9.59 Å². The number of rotatable bonds is 10. The van der Waals surface area contributed by atoms with Crippen LogP contribution in [0.25, 0.3) is 11.1 Å². The van der Waals surface area contributed by atoms with Gasteiger partial charge in [0.05, 0.1) is 6.42 Å². The Balaban J connectivity index is 1.67. The predicted molar refractivity (Wildman–Crippen MR) is 135 cm³/mol. The van der Waals surface area contributed by atoms with Crippen LogP contribution in [-0.4, -0.2) is 41.8 Å². The van der Waals surface area contributed by atoms with Crippen LogP contribution >= 0.6 is 0 Å². The molecule has 188 valence electrons. The highest BCUT2D eigenvalue weighted by Crippen LogP contribution is 2.44. The van der Waals surface area contributed by atoms with Crippen LogP contribution in [-0.2, 0) is 14.3 Å². The van der Waals surface area contributed by atoms with E-state index in [9.17, 15) is 19.5 Å². The molecule has 3 N–H and O–H groups in total. The van der Waals surface area contributed by atoms with E-state index in [1.54, 1.807) is 0 Å². The van der Waals surface area contributed by atoms with E-state index >= 15 is 0 Å². The van der Waals surface area contributed by atoms with Crippen LogP contribution in [0, 0.1) is 5.41 Å². The maximum Gasteiger partial charge on any atom is 0.407 e. The predicted octanol–water partition coefficient (Wildman–Crippen LogP) is 5.09. The minimum absolute atomic E-state index is 0.0796. The molecular formula is C28H36N2O5. The number of benzene rings is 2. The molecule has 0 saturated heterocycles. The number of carboxylic acids is 1. The second kappa shape index (κ2) is 11.4. The Morgan fingerprint density at radius 3 is 2.06 bits per heavy atom. The lowest BCUT2D eigenvalue weighted by molar-refractivity contribution is -0.138. The lowest BCUT2D eigenvalue weighted by Gasteiger charge is -2.31. The van der Waals surface area contributed by atoms with Gasteiger partial charge < -0.3 is 20.5 Å². The van der Waals surface area contributed by atoms with E-state index < -0.39 is 35.5 Å². The number of fused-ring (bicyclic) bond motifs is 3. The number of unbranched alkanes of at least 4 members (excludes halogenated alkanes) is 1. The fraction of sp³-hybridized carbons (Fsp3) is 0.464. The average Bonchev–Trinajstić information content (AvgIpc) is 3.12. The van der Waals surface area contributed by atoms with E-state index in [2.05, 4.69) is 22.8 Å². The molecule has 2 atom stereocenters. The average molecular weight is 481 g/mol. The molecule has 0 saturated carbocycles. The second-order valence-electron chi connectivity index (χ2n) is 10.2. The maximum absolute atomic E-state index is 13.1. The highest BCUT2D eigenvalue weighted by atomic mass is 16.5. The van der Waals surface area contributed by atoms with Crippen LogP contribution in [0.5, 0.6) is 0 Å². The lowest BCUT2D eigenvalue weighted by Crippen LogP contribution is -2.55. The van der Waals surface area contributed by atoms with Crippen molar-refractivity contribution in [3.63, 3.8) is 0 Å². The number of carbonyl (C=O) groups is 3. The molecule has 3 rings (SSSR count). The van der Waals surface area contributed by atoms with E-state index in [4.69, 9.17) is 4.74 Å². The first-order chi connectivity index (χ1) is 16.6. The number of carbonyl (C=O) groups excluding carboxylic acids is 2. The third-order valence-electron chi connectivity index (χ3n) is 6.41. The zero-order chi connectivity index (χ0) is 25.6. The van der Waals surface area contributed by atoms with Gasteiger partial charge in [0, 0.05) is 12.0 Å². The van der Waals surface area contributed by atoms with Crippen LogP contribution in [0.4, 0.5) is 4.79 Å². The summed E-state index contributed by atoms with van der Waals surface area (Å²) < 4.78 is 5.63. The largest absolute Gasteiger partial charge is 0.481 e. The number of hydrogen-bond donors (Lipinski definition) is 3. The summed E-state index contributed by atoms with van der Waals surface area (Å²) >= 11 is 0. The fourth-order valence-corrected chi connectivity index (χ4v) is 4.60. The molecule has 2 aromatic rings. The first-order valence-electron chi connectivity index (χ1n) is 12.3. The van der Waals surface area contributed by atoms with Gasteiger partial charge in [0.15, 0.2) is 0 Å². The van der Waals surface area contributed by atoms with Gasteiger partial charge in [0.2, 0.25) is 5.91 Å². The SMILES string of the molecule is CCCCC(CC(=O)O)NC(=O)[C@H](NC(=O)OCC1c2ccccc2-c2ccccc21)C(C)(C)C. The highest BCUT2D eigenvalue weighted by Gasteiger charge is 2.35. The van der Waals surface area contributed by atoms with E-state index in [0.29, 0.717) is 6.42 Å². The quantitative estimate of drug-likeness (QED) is 0.439. The van der Waals surface area contributed by atoms with Gasteiger partial charge in [0.25, 0.3) is 0 Å². The molecule has 0 heterocycles. The summed E-state index contributed by atoms with van der Waals surface area (Å²) in [6.45, 7) is 7.70. The van der Waals surface area contributed by atoms with Gasteiger partial charge in [-0.1, -0.05) is 89.1 Å². The Morgan fingerprint density at radius 1 is 0.971 bits per heavy atom. The molecule has 1 aliphatic carbocycles. The summed E-state index contributed by atoms with van der Waals surface area (Å²) in [6, 6.07) is 14.8. The van der Waals surface area contributed by atoms with E-state index in [0.717, 1.165) is 35.1 Å². The number of carboxylic acid groups (broad SMARTS) is 1. The second-order valence-corrected chi connectivity index (χ2v) is 10.2. The molecule has 7 nitrogen and oxygen atoms in total. The van der Waals surface area contributed by atoms with Gasteiger partial charge in [-0.15, -0.1) is 0 Å². The normalized spacial score (nSPS) is 14.4. The summed E-state index contributed by atoms with van der Waals surface area (Å²) in [7, 11) is 0. The van der Waals surface area contributed by atoms with Crippen LogP contribution in [0.3, 0.4) is 0 Å². The van der Waals surface area contributed by atoms with Crippen molar-refractivity contribution in [3.05, 3.63) is 59.7 Å². The Morgan fingerprint density at radius 2 is 1.54 bits per heavy atom. The molecule has 2 aromatic carbocycles. The van der Waals surface area contributed by atoms with Gasteiger partial charge in [-0.2, -0.15) is 0 Å². The zero-order valence-electron chi connectivity index (χ0n) is 21.0. The first kappa shape index (κ1) is 26.3. The van der Waals surface area contributed by atoms with Gasteiger partial charge in [0.1, 0.15) is 12.6 Å². The molecule has 7 heteroatoms. The van der Waals surface area contributed by atoms with Gasteiger partial charge >= 0.3 is 12.1 Å². The number of hydrogen-bond acceptors (Lipinski definition) is 4. The molecule has 0 aliphatic heterocycles. The molecule has 2 amide bonds.